The Morgan fingerprint density at radius 3 is 1.97 bits per heavy atom. The highest BCUT2D eigenvalue weighted by Crippen LogP contribution is 2.23. The first-order chi connectivity index (χ1) is 16.2. The molecular formula is C24H25N3O5S2. The van der Waals surface area contributed by atoms with Crippen molar-refractivity contribution in [3.8, 4) is 0 Å². The molecule has 0 unspecified atom stereocenters. The Morgan fingerprint density at radius 1 is 0.735 bits per heavy atom. The van der Waals surface area contributed by atoms with Crippen molar-refractivity contribution in [3.05, 3.63) is 90.0 Å². The van der Waals surface area contributed by atoms with Gasteiger partial charge in [-0.1, -0.05) is 48.0 Å². The molecule has 178 valence electrons. The largest absolute Gasteiger partial charge is 0.336 e. The fourth-order valence-corrected chi connectivity index (χ4v) is 6.25. The number of hydrogen-bond acceptors (Lipinski definition) is 5. The van der Waals surface area contributed by atoms with E-state index in [4.69, 9.17) is 0 Å². The van der Waals surface area contributed by atoms with Crippen LogP contribution in [0.4, 0.5) is 5.69 Å². The molecule has 10 heteroatoms. The number of anilines is 1. The summed E-state index contributed by atoms with van der Waals surface area (Å²) in [4.78, 5) is 15.1. The summed E-state index contributed by atoms with van der Waals surface area (Å²) in [6.45, 7) is 2.59. The van der Waals surface area contributed by atoms with E-state index < -0.39 is 20.0 Å². The number of amides is 1. The lowest BCUT2D eigenvalue weighted by Gasteiger charge is -2.34. The Kier molecular flexibility index (Phi) is 6.74. The SMILES string of the molecule is Cc1ccc(S(=O)(=O)N2CCN(C(=O)c3ccccc3NS(=O)(=O)c3ccccc3)CC2)cc1. The summed E-state index contributed by atoms with van der Waals surface area (Å²) < 4.78 is 55.2. The predicted molar refractivity (Wildman–Crippen MR) is 130 cm³/mol. The third kappa shape index (κ3) is 4.98. The van der Waals surface area contributed by atoms with Crippen LogP contribution in [0.15, 0.2) is 88.7 Å². The van der Waals surface area contributed by atoms with E-state index in [1.165, 1.54) is 27.4 Å². The van der Waals surface area contributed by atoms with Gasteiger partial charge in [0.1, 0.15) is 0 Å². The smallest absolute Gasteiger partial charge is 0.261 e. The van der Waals surface area contributed by atoms with Crippen molar-refractivity contribution in [2.45, 2.75) is 16.7 Å². The van der Waals surface area contributed by atoms with Gasteiger partial charge in [0.2, 0.25) is 10.0 Å². The van der Waals surface area contributed by atoms with Crippen LogP contribution in [0.25, 0.3) is 0 Å². The average Bonchev–Trinajstić information content (AvgIpc) is 2.85. The van der Waals surface area contributed by atoms with Crippen LogP contribution >= 0.6 is 0 Å². The average molecular weight is 500 g/mol. The van der Waals surface area contributed by atoms with Crippen LogP contribution in [0.1, 0.15) is 15.9 Å². The van der Waals surface area contributed by atoms with Crippen molar-refractivity contribution in [1.82, 2.24) is 9.21 Å². The molecule has 1 saturated heterocycles. The second-order valence-electron chi connectivity index (χ2n) is 7.97. The van der Waals surface area contributed by atoms with Gasteiger partial charge in [0, 0.05) is 26.2 Å². The number of rotatable bonds is 6. The van der Waals surface area contributed by atoms with E-state index in [1.807, 2.05) is 6.92 Å². The molecule has 0 radical (unpaired) electrons. The Labute approximate surface area is 199 Å². The van der Waals surface area contributed by atoms with Gasteiger partial charge in [0.15, 0.2) is 0 Å². The first-order valence-electron chi connectivity index (χ1n) is 10.7. The van der Waals surface area contributed by atoms with Crippen LogP contribution in [0, 0.1) is 6.92 Å². The molecular weight excluding hydrogens is 474 g/mol. The molecule has 0 saturated carbocycles. The van der Waals surface area contributed by atoms with Crippen molar-refractivity contribution < 1.29 is 21.6 Å². The minimum Gasteiger partial charge on any atom is -0.336 e. The van der Waals surface area contributed by atoms with Gasteiger partial charge in [-0.3, -0.25) is 9.52 Å². The normalized spacial score (nSPS) is 15.1. The second-order valence-corrected chi connectivity index (χ2v) is 11.6. The van der Waals surface area contributed by atoms with Gasteiger partial charge in [-0.15, -0.1) is 0 Å². The Bertz CT molecular complexity index is 1380. The minimum absolute atomic E-state index is 0.0900. The molecule has 1 amide bonds. The third-order valence-electron chi connectivity index (χ3n) is 5.64. The summed E-state index contributed by atoms with van der Waals surface area (Å²) in [5, 5.41) is 0. The number of aryl methyl sites for hydroxylation is 1. The van der Waals surface area contributed by atoms with Gasteiger partial charge < -0.3 is 4.90 Å². The number of nitrogens with one attached hydrogen (secondary N) is 1. The zero-order chi connectivity index (χ0) is 24.3. The van der Waals surface area contributed by atoms with Crippen molar-refractivity contribution in [2.24, 2.45) is 0 Å². The molecule has 0 aliphatic carbocycles. The number of para-hydroxylation sites is 1. The van der Waals surface area contributed by atoms with Gasteiger partial charge in [-0.05, 0) is 43.3 Å². The number of carbonyl (C=O) groups is 1. The van der Waals surface area contributed by atoms with E-state index >= 15 is 0 Å². The second kappa shape index (κ2) is 9.57. The number of sulfonamides is 2. The zero-order valence-electron chi connectivity index (χ0n) is 18.6. The van der Waals surface area contributed by atoms with Crippen LogP contribution in [-0.2, 0) is 20.0 Å². The lowest BCUT2D eigenvalue weighted by molar-refractivity contribution is 0.0699. The lowest BCUT2D eigenvalue weighted by atomic mass is 10.1. The topological polar surface area (TPSA) is 104 Å². The van der Waals surface area contributed by atoms with Gasteiger partial charge in [0.25, 0.3) is 15.9 Å². The highest BCUT2D eigenvalue weighted by Gasteiger charge is 2.31. The van der Waals surface area contributed by atoms with E-state index in [1.54, 1.807) is 60.7 Å². The van der Waals surface area contributed by atoms with Crippen LogP contribution < -0.4 is 4.72 Å². The molecule has 3 aromatic rings. The summed E-state index contributed by atoms with van der Waals surface area (Å²) in [5.74, 6) is -0.362. The van der Waals surface area contributed by atoms with E-state index in [2.05, 4.69) is 4.72 Å². The third-order valence-corrected chi connectivity index (χ3v) is 8.93. The molecule has 0 aromatic heterocycles. The van der Waals surface area contributed by atoms with Crippen molar-refractivity contribution in [3.63, 3.8) is 0 Å². The van der Waals surface area contributed by atoms with Crippen LogP contribution in [-0.4, -0.2) is 58.1 Å². The van der Waals surface area contributed by atoms with Crippen molar-refractivity contribution in [2.75, 3.05) is 30.9 Å². The quantitative estimate of drug-likeness (QED) is 0.562. The zero-order valence-corrected chi connectivity index (χ0v) is 20.2. The highest BCUT2D eigenvalue weighted by atomic mass is 32.2. The molecule has 0 bridgehead atoms. The Morgan fingerprint density at radius 2 is 1.32 bits per heavy atom. The first-order valence-corrected chi connectivity index (χ1v) is 13.6. The summed E-state index contributed by atoms with van der Waals surface area (Å²) in [6.07, 6.45) is 0. The number of carbonyl (C=O) groups excluding carboxylic acids is 1. The molecule has 1 aliphatic rings. The number of benzene rings is 3. The van der Waals surface area contributed by atoms with E-state index in [0.29, 0.717) is 0 Å². The van der Waals surface area contributed by atoms with Crippen LogP contribution in [0.2, 0.25) is 0 Å². The highest BCUT2D eigenvalue weighted by molar-refractivity contribution is 7.92. The maximum absolute atomic E-state index is 13.2. The molecule has 34 heavy (non-hydrogen) atoms. The number of hydrogen-bond donors (Lipinski definition) is 1. The molecule has 1 N–H and O–H groups in total. The summed E-state index contributed by atoms with van der Waals surface area (Å²) in [5.41, 5.74) is 1.35. The monoisotopic (exact) mass is 499 g/mol. The Hall–Kier alpha value is -3.21. The lowest BCUT2D eigenvalue weighted by Crippen LogP contribution is -2.50. The number of nitrogens with zero attached hydrogens (tertiary/aromatic N) is 2. The van der Waals surface area contributed by atoms with Gasteiger partial charge in [0.05, 0.1) is 21.0 Å². The fourth-order valence-electron chi connectivity index (χ4n) is 3.72. The first kappa shape index (κ1) is 23.9. The molecule has 1 aliphatic heterocycles. The molecule has 0 atom stereocenters. The molecule has 3 aromatic carbocycles. The maximum atomic E-state index is 13.2. The van der Waals surface area contributed by atoms with E-state index in [0.717, 1.165) is 5.56 Å². The molecule has 1 fully saturated rings. The molecule has 4 rings (SSSR count). The maximum Gasteiger partial charge on any atom is 0.261 e. The van der Waals surface area contributed by atoms with E-state index in [-0.39, 0.29) is 53.1 Å². The Balaban J connectivity index is 1.48. The van der Waals surface area contributed by atoms with E-state index in [9.17, 15) is 21.6 Å². The van der Waals surface area contributed by atoms with Gasteiger partial charge in [-0.2, -0.15) is 4.31 Å². The summed E-state index contributed by atoms with van der Waals surface area (Å²) in [7, 11) is -7.52. The van der Waals surface area contributed by atoms with Gasteiger partial charge >= 0.3 is 0 Å². The minimum atomic E-state index is -3.87. The summed E-state index contributed by atoms with van der Waals surface area (Å²) in [6, 6.07) is 21.0. The van der Waals surface area contributed by atoms with Gasteiger partial charge in [-0.25, -0.2) is 16.8 Å². The summed E-state index contributed by atoms with van der Waals surface area (Å²) >= 11 is 0. The predicted octanol–water partition coefficient (Wildman–Crippen LogP) is 2.94. The van der Waals surface area contributed by atoms with Crippen LogP contribution in [0.3, 0.4) is 0 Å². The van der Waals surface area contributed by atoms with Crippen molar-refractivity contribution >= 4 is 31.6 Å². The standard InChI is InChI=1S/C24H25N3O5S2/c1-19-11-13-21(14-12-19)34(31,32)27-17-15-26(16-18-27)24(28)22-9-5-6-10-23(22)25-33(29,30)20-7-3-2-4-8-20/h2-14,25H,15-18H2,1H3. The molecule has 0 spiro atoms. The van der Waals surface area contributed by atoms with Crippen molar-refractivity contribution in [1.29, 1.82) is 0 Å². The number of piperazine rings is 1. The van der Waals surface area contributed by atoms with Crippen LogP contribution in [0.5, 0.6) is 0 Å². The molecule has 8 nitrogen and oxygen atoms in total. The molecule has 1 heterocycles. The fraction of sp³-hybridized carbons (Fsp3) is 0.208.